The summed E-state index contributed by atoms with van der Waals surface area (Å²) in [6.07, 6.45) is 1.96. The number of methoxy groups -OCH3 is 1. The fraction of sp³-hybridized carbons (Fsp3) is 0.444. The zero-order chi connectivity index (χ0) is 19.4. The lowest BCUT2D eigenvalue weighted by Gasteiger charge is -2.34. The molecule has 0 saturated carbocycles. The summed E-state index contributed by atoms with van der Waals surface area (Å²) in [7, 11) is -0.257. The molecule has 0 amide bonds. The summed E-state index contributed by atoms with van der Waals surface area (Å²) in [5.41, 5.74) is 1.05. The number of ether oxygens (including phenoxy) is 2. The molecule has 0 radical (unpaired) electrons. The van der Waals surface area contributed by atoms with Crippen LogP contribution in [0.4, 0.5) is 0 Å². The number of hydrogen-bond donors (Lipinski definition) is 1. The molecular formula is C18H24ClN3O4S. The highest BCUT2D eigenvalue weighted by molar-refractivity contribution is 7.89. The number of morpholine rings is 1. The van der Waals surface area contributed by atoms with Gasteiger partial charge in [-0.15, -0.1) is 0 Å². The fourth-order valence-electron chi connectivity index (χ4n) is 3.22. The lowest BCUT2D eigenvalue weighted by Crippen LogP contribution is -2.44. The average molecular weight is 414 g/mol. The van der Waals surface area contributed by atoms with Gasteiger partial charge in [0.1, 0.15) is 5.75 Å². The maximum atomic E-state index is 12.8. The van der Waals surface area contributed by atoms with Crippen molar-refractivity contribution in [1.82, 2.24) is 14.2 Å². The quantitative estimate of drug-likeness (QED) is 0.752. The predicted octanol–water partition coefficient (Wildman–Crippen LogP) is 2.04. The van der Waals surface area contributed by atoms with E-state index in [1.165, 1.54) is 19.2 Å². The Balaban J connectivity index is 1.79. The van der Waals surface area contributed by atoms with Gasteiger partial charge in [-0.2, -0.15) is 0 Å². The molecule has 1 aromatic carbocycles. The molecule has 1 aliphatic heterocycles. The molecule has 1 aliphatic rings. The van der Waals surface area contributed by atoms with Crippen molar-refractivity contribution in [2.45, 2.75) is 10.9 Å². The molecule has 0 bridgehead atoms. The third kappa shape index (κ3) is 4.64. The Morgan fingerprint density at radius 2 is 2.04 bits per heavy atom. The minimum Gasteiger partial charge on any atom is -0.495 e. The highest BCUT2D eigenvalue weighted by Crippen LogP contribution is 2.27. The number of nitrogens with zero attached hydrogens (tertiary/aromatic N) is 2. The highest BCUT2D eigenvalue weighted by Gasteiger charge is 2.26. The van der Waals surface area contributed by atoms with E-state index in [2.05, 4.69) is 9.62 Å². The van der Waals surface area contributed by atoms with Crippen LogP contribution in [0.2, 0.25) is 5.02 Å². The lowest BCUT2D eigenvalue weighted by molar-refractivity contribution is 0.0158. The maximum absolute atomic E-state index is 12.8. The molecular weight excluding hydrogens is 390 g/mol. The highest BCUT2D eigenvalue weighted by atomic mass is 35.5. The van der Waals surface area contributed by atoms with Gasteiger partial charge in [0.25, 0.3) is 0 Å². The van der Waals surface area contributed by atoms with Crippen molar-refractivity contribution in [2.75, 3.05) is 40.0 Å². The number of benzene rings is 1. The van der Waals surface area contributed by atoms with Gasteiger partial charge in [-0.05, 0) is 30.3 Å². The van der Waals surface area contributed by atoms with Crippen LogP contribution in [0, 0.1) is 0 Å². The molecule has 0 aliphatic carbocycles. The monoisotopic (exact) mass is 413 g/mol. The first-order chi connectivity index (χ1) is 12.9. The minimum atomic E-state index is -3.70. The van der Waals surface area contributed by atoms with Crippen LogP contribution in [0.25, 0.3) is 0 Å². The summed E-state index contributed by atoms with van der Waals surface area (Å²) in [5, 5.41) is 0.257. The van der Waals surface area contributed by atoms with Crippen molar-refractivity contribution in [1.29, 1.82) is 0 Å². The molecule has 0 spiro atoms. The Hall–Kier alpha value is -1.58. The molecule has 1 unspecified atom stereocenters. The Morgan fingerprint density at radius 3 is 2.63 bits per heavy atom. The van der Waals surface area contributed by atoms with Crippen LogP contribution in [0.5, 0.6) is 5.75 Å². The van der Waals surface area contributed by atoms with E-state index in [4.69, 9.17) is 21.1 Å². The SMILES string of the molecule is COc1ccc(S(=O)(=O)NCC(c2cccn2C)N2CCOCC2)cc1Cl. The molecule has 2 heterocycles. The largest absolute Gasteiger partial charge is 0.495 e. The van der Waals surface area contributed by atoms with Crippen LogP contribution in [0.3, 0.4) is 0 Å². The summed E-state index contributed by atoms with van der Waals surface area (Å²) >= 11 is 6.08. The summed E-state index contributed by atoms with van der Waals surface area (Å²) in [5.74, 6) is 0.436. The second-order valence-corrected chi connectivity index (χ2v) is 8.53. The molecule has 27 heavy (non-hydrogen) atoms. The Morgan fingerprint density at radius 1 is 1.30 bits per heavy atom. The molecule has 1 atom stereocenters. The topological polar surface area (TPSA) is 72.8 Å². The van der Waals surface area contributed by atoms with Crippen LogP contribution in [0.15, 0.2) is 41.4 Å². The Bertz CT molecular complexity index is 878. The van der Waals surface area contributed by atoms with E-state index in [9.17, 15) is 8.42 Å². The van der Waals surface area contributed by atoms with Crippen molar-refractivity contribution in [3.63, 3.8) is 0 Å². The van der Waals surface area contributed by atoms with Crippen molar-refractivity contribution in [3.05, 3.63) is 47.2 Å². The van der Waals surface area contributed by atoms with E-state index in [0.29, 0.717) is 19.0 Å². The van der Waals surface area contributed by atoms with E-state index in [1.54, 1.807) is 6.07 Å². The van der Waals surface area contributed by atoms with Gasteiger partial charge in [0.15, 0.2) is 0 Å². The average Bonchev–Trinajstić information content (AvgIpc) is 3.08. The first-order valence-corrected chi connectivity index (χ1v) is 10.5. The van der Waals surface area contributed by atoms with Crippen LogP contribution >= 0.6 is 11.6 Å². The number of nitrogens with one attached hydrogen (secondary N) is 1. The standard InChI is InChI=1S/C18H24ClN3O4S/c1-21-7-3-4-16(21)17(22-8-10-26-11-9-22)13-20-27(23,24)14-5-6-18(25-2)15(19)12-14/h3-7,12,17,20H,8-11,13H2,1-2H3. The van der Waals surface area contributed by atoms with Crippen molar-refractivity contribution in [2.24, 2.45) is 7.05 Å². The van der Waals surface area contributed by atoms with Gasteiger partial charge in [-0.1, -0.05) is 11.6 Å². The van der Waals surface area contributed by atoms with Gasteiger partial charge in [0.2, 0.25) is 10.0 Å². The van der Waals surface area contributed by atoms with Gasteiger partial charge >= 0.3 is 0 Å². The number of rotatable bonds is 7. The molecule has 1 saturated heterocycles. The summed E-state index contributed by atoms with van der Waals surface area (Å²) < 4.78 is 40.8. The van der Waals surface area contributed by atoms with E-state index in [0.717, 1.165) is 18.8 Å². The molecule has 148 valence electrons. The molecule has 9 heteroatoms. The van der Waals surface area contributed by atoms with Crippen LogP contribution in [-0.2, 0) is 21.8 Å². The molecule has 1 fully saturated rings. The number of aryl methyl sites for hydroxylation is 1. The van der Waals surface area contributed by atoms with Crippen LogP contribution < -0.4 is 9.46 Å². The smallest absolute Gasteiger partial charge is 0.240 e. The lowest BCUT2D eigenvalue weighted by atomic mass is 10.1. The van der Waals surface area contributed by atoms with Crippen molar-refractivity contribution in [3.8, 4) is 5.75 Å². The van der Waals surface area contributed by atoms with Gasteiger partial charge < -0.3 is 14.0 Å². The van der Waals surface area contributed by atoms with E-state index in [-0.39, 0.29) is 22.5 Å². The summed E-state index contributed by atoms with van der Waals surface area (Å²) in [6.45, 7) is 3.05. The van der Waals surface area contributed by atoms with E-state index < -0.39 is 10.0 Å². The van der Waals surface area contributed by atoms with Gasteiger partial charge in [-0.3, -0.25) is 4.90 Å². The third-order valence-corrected chi connectivity index (χ3v) is 6.43. The predicted molar refractivity (Wildman–Crippen MR) is 104 cm³/mol. The first kappa shape index (κ1) is 20.2. The first-order valence-electron chi connectivity index (χ1n) is 8.68. The normalized spacial score (nSPS) is 17.0. The fourth-order valence-corrected chi connectivity index (χ4v) is 4.60. The van der Waals surface area contributed by atoms with Crippen molar-refractivity contribution < 1.29 is 17.9 Å². The van der Waals surface area contributed by atoms with Gasteiger partial charge in [0.05, 0.1) is 36.3 Å². The van der Waals surface area contributed by atoms with Crippen molar-refractivity contribution >= 4 is 21.6 Å². The Labute approximate surface area is 164 Å². The number of sulfonamides is 1. The summed E-state index contributed by atoms with van der Waals surface area (Å²) in [6, 6.07) is 8.32. The molecule has 2 aromatic rings. The maximum Gasteiger partial charge on any atom is 0.240 e. The van der Waals surface area contributed by atoms with Crippen LogP contribution in [0.1, 0.15) is 11.7 Å². The van der Waals surface area contributed by atoms with Gasteiger partial charge in [0, 0.05) is 38.6 Å². The minimum absolute atomic E-state index is 0.0857. The number of aromatic nitrogens is 1. The van der Waals surface area contributed by atoms with Gasteiger partial charge in [-0.25, -0.2) is 13.1 Å². The molecule has 7 nitrogen and oxygen atoms in total. The Kier molecular flexibility index (Phi) is 6.44. The van der Waals surface area contributed by atoms with Crippen LogP contribution in [-0.4, -0.2) is 57.8 Å². The zero-order valence-electron chi connectivity index (χ0n) is 15.4. The molecule has 1 N–H and O–H groups in total. The molecule has 1 aromatic heterocycles. The number of hydrogen-bond acceptors (Lipinski definition) is 5. The van der Waals surface area contributed by atoms with E-state index in [1.807, 2.05) is 29.9 Å². The second-order valence-electron chi connectivity index (χ2n) is 6.36. The van der Waals surface area contributed by atoms with E-state index >= 15 is 0 Å². The number of halogens is 1. The zero-order valence-corrected chi connectivity index (χ0v) is 17.0. The third-order valence-electron chi connectivity index (χ3n) is 4.71. The molecule has 3 rings (SSSR count). The summed E-state index contributed by atoms with van der Waals surface area (Å²) in [4.78, 5) is 2.35. The second kappa shape index (κ2) is 8.62.